The zero-order valence-corrected chi connectivity index (χ0v) is 12.6. The Hall–Kier alpha value is -1.16. The summed E-state index contributed by atoms with van der Waals surface area (Å²) in [4.78, 5) is 11.5. The summed E-state index contributed by atoms with van der Waals surface area (Å²) in [5, 5.41) is 3.29. The van der Waals surface area contributed by atoms with E-state index in [4.69, 9.17) is 0 Å². The van der Waals surface area contributed by atoms with Crippen LogP contribution in [0.2, 0.25) is 0 Å². The van der Waals surface area contributed by atoms with E-state index in [1.54, 1.807) is 0 Å². The Morgan fingerprint density at radius 3 is 2.58 bits per heavy atom. The molecule has 4 heteroatoms. The SMILES string of the molecule is CCNCc1cnc(N2CC(C)CC(C)C2C)nc1. The van der Waals surface area contributed by atoms with E-state index in [-0.39, 0.29) is 0 Å². The summed E-state index contributed by atoms with van der Waals surface area (Å²) >= 11 is 0. The zero-order valence-electron chi connectivity index (χ0n) is 12.6. The average molecular weight is 262 g/mol. The number of hydrogen-bond acceptors (Lipinski definition) is 4. The average Bonchev–Trinajstić information content (AvgIpc) is 2.41. The molecule has 0 bridgehead atoms. The summed E-state index contributed by atoms with van der Waals surface area (Å²) in [6, 6.07) is 0.524. The molecular formula is C15H26N4. The van der Waals surface area contributed by atoms with Crippen LogP contribution in [0.15, 0.2) is 12.4 Å². The van der Waals surface area contributed by atoms with E-state index in [9.17, 15) is 0 Å². The minimum atomic E-state index is 0.524. The Bertz CT molecular complexity index is 390. The van der Waals surface area contributed by atoms with Crippen LogP contribution in [0, 0.1) is 11.8 Å². The third-order valence-corrected chi connectivity index (χ3v) is 4.13. The molecular weight excluding hydrogens is 236 g/mol. The summed E-state index contributed by atoms with van der Waals surface area (Å²) in [6.45, 7) is 11.9. The molecule has 1 aromatic rings. The van der Waals surface area contributed by atoms with E-state index >= 15 is 0 Å². The van der Waals surface area contributed by atoms with Gasteiger partial charge in [-0.25, -0.2) is 9.97 Å². The summed E-state index contributed by atoms with van der Waals surface area (Å²) < 4.78 is 0. The van der Waals surface area contributed by atoms with Gasteiger partial charge in [0.05, 0.1) is 0 Å². The van der Waals surface area contributed by atoms with Gasteiger partial charge in [0.2, 0.25) is 5.95 Å². The quantitative estimate of drug-likeness (QED) is 0.905. The number of nitrogens with zero attached hydrogens (tertiary/aromatic N) is 3. The van der Waals surface area contributed by atoms with Gasteiger partial charge in [0.1, 0.15) is 0 Å². The van der Waals surface area contributed by atoms with Crippen molar-refractivity contribution in [3.63, 3.8) is 0 Å². The van der Waals surface area contributed by atoms with Crippen LogP contribution in [0.4, 0.5) is 5.95 Å². The number of aromatic nitrogens is 2. The fourth-order valence-electron chi connectivity index (χ4n) is 2.84. The number of anilines is 1. The minimum Gasteiger partial charge on any atom is -0.338 e. The Balaban J connectivity index is 2.08. The van der Waals surface area contributed by atoms with Crippen LogP contribution >= 0.6 is 0 Å². The molecule has 3 unspecified atom stereocenters. The zero-order chi connectivity index (χ0) is 13.8. The van der Waals surface area contributed by atoms with Gasteiger partial charge in [-0.1, -0.05) is 20.8 Å². The van der Waals surface area contributed by atoms with Crippen LogP contribution in [0.1, 0.15) is 39.7 Å². The van der Waals surface area contributed by atoms with Crippen LogP contribution in [0.5, 0.6) is 0 Å². The Morgan fingerprint density at radius 1 is 1.26 bits per heavy atom. The van der Waals surface area contributed by atoms with E-state index < -0.39 is 0 Å². The lowest BCUT2D eigenvalue weighted by atomic mass is 9.86. The minimum absolute atomic E-state index is 0.524. The standard InChI is InChI=1S/C15H26N4/c1-5-16-7-14-8-17-15(18-9-14)19-10-11(2)6-12(3)13(19)4/h8-9,11-13,16H,5-7,10H2,1-4H3. The maximum Gasteiger partial charge on any atom is 0.225 e. The van der Waals surface area contributed by atoms with Crippen molar-refractivity contribution in [1.29, 1.82) is 0 Å². The first-order chi connectivity index (χ1) is 9.11. The number of rotatable bonds is 4. The molecule has 2 heterocycles. The maximum atomic E-state index is 4.55. The molecule has 0 spiro atoms. The lowest BCUT2D eigenvalue weighted by molar-refractivity contribution is 0.293. The van der Waals surface area contributed by atoms with Gasteiger partial charge >= 0.3 is 0 Å². The topological polar surface area (TPSA) is 41.1 Å². The van der Waals surface area contributed by atoms with Crippen molar-refractivity contribution in [1.82, 2.24) is 15.3 Å². The molecule has 3 atom stereocenters. The predicted octanol–water partition coefficient (Wildman–Crippen LogP) is 2.46. The fourth-order valence-corrected chi connectivity index (χ4v) is 2.84. The molecule has 106 valence electrons. The van der Waals surface area contributed by atoms with Crippen LogP contribution < -0.4 is 10.2 Å². The molecule has 1 fully saturated rings. The monoisotopic (exact) mass is 262 g/mol. The molecule has 19 heavy (non-hydrogen) atoms. The maximum absolute atomic E-state index is 4.55. The van der Waals surface area contributed by atoms with Crippen LogP contribution in [0.3, 0.4) is 0 Å². The Kier molecular flexibility index (Phi) is 4.75. The summed E-state index contributed by atoms with van der Waals surface area (Å²) in [6.07, 6.45) is 5.19. The second kappa shape index (κ2) is 6.33. The van der Waals surface area contributed by atoms with E-state index in [0.717, 1.165) is 37.1 Å². The molecule has 2 rings (SSSR count). The molecule has 0 saturated carbocycles. The first-order valence-electron chi connectivity index (χ1n) is 7.40. The summed E-state index contributed by atoms with van der Waals surface area (Å²) in [7, 11) is 0. The molecule has 0 radical (unpaired) electrons. The highest BCUT2D eigenvalue weighted by atomic mass is 15.3. The molecule has 0 aliphatic carbocycles. The first-order valence-corrected chi connectivity index (χ1v) is 7.40. The highest BCUT2D eigenvalue weighted by molar-refractivity contribution is 5.33. The van der Waals surface area contributed by atoms with Gasteiger partial charge in [-0.3, -0.25) is 0 Å². The fraction of sp³-hybridized carbons (Fsp3) is 0.733. The van der Waals surface area contributed by atoms with Gasteiger partial charge in [0.25, 0.3) is 0 Å². The van der Waals surface area contributed by atoms with E-state index in [0.29, 0.717) is 12.0 Å². The first kappa shape index (κ1) is 14.3. The third kappa shape index (κ3) is 3.44. The van der Waals surface area contributed by atoms with Gasteiger partial charge in [-0.2, -0.15) is 0 Å². The second-order valence-corrected chi connectivity index (χ2v) is 5.88. The van der Waals surface area contributed by atoms with Crippen molar-refractivity contribution in [3.8, 4) is 0 Å². The van der Waals surface area contributed by atoms with Crippen molar-refractivity contribution in [2.45, 2.75) is 46.7 Å². The largest absolute Gasteiger partial charge is 0.338 e. The Labute approximate surface area is 116 Å². The van der Waals surface area contributed by atoms with Crippen molar-refractivity contribution in [2.75, 3.05) is 18.0 Å². The lowest BCUT2D eigenvalue weighted by Gasteiger charge is -2.41. The van der Waals surface area contributed by atoms with Crippen LogP contribution in [-0.4, -0.2) is 29.1 Å². The van der Waals surface area contributed by atoms with Crippen LogP contribution in [-0.2, 0) is 6.54 Å². The molecule has 0 aromatic carbocycles. The van der Waals surface area contributed by atoms with Gasteiger partial charge in [-0.05, 0) is 31.7 Å². The molecule has 4 nitrogen and oxygen atoms in total. The summed E-state index contributed by atoms with van der Waals surface area (Å²) in [5.74, 6) is 2.30. The van der Waals surface area contributed by atoms with Gasteiger partial charge in [-0.15, -0.1) is 0 Å². The molecule has 1 aliphatic rings. The Morgan fingerprint density at radius 2 is 1.95 bits per heavy atom. The third-order valence-electron chi connectivity index (χ3n) is 4.13. The predicted molar refractivity (Wildman–Crippen MR) is 79.2 cm³/mol. The normalized spacial score (nSPS) is 27.6. The van der Waals surface area contributed by atoms with Crippen molar-refractivity contribution in [2.24, 2.45) is 11.8 Å². The van der Waals surface area contributed by atoms with Crippen molar-refractivity contribution < 1.29 is 0 Å². The summed E-state index contributed by atoms with van der Waals surface area (Å²) in [5.41, 5.74) is 1.15. The van der Waals surface area contributed by atoms with E-state index in [2.05, 4.69) is 47.9 Å². The number of hydrogen-bond donors (Lipinski definition) is 1. The highest BCUT2D eigenvalue weighted by Crippen LogP contribution is 2.29. The van der Waals surface area contributed by atoms with Gasteiger partial charge < -0.3 is 10.2 Å². The van der Waals surface area contributed by atoms with Crippen molar-refractivity contribution >= 4 is 5.95 Å². The van der Waals surface area contributed by atoms with Gasteiger partial charge in [0.15, 0.2) is 0 Å². The van der Waals surface area contributed by atoms with Gasteiger partial charge in [0, 0.05) is 37.1 Å². The van der Waals surface area contributed by atoms with Crippen LogP contribution in [0.25, 0.3) is 0 Å². The van der Waals surface area contributed by atoms with Crippen molar-refractivity contribution in [3.05, 3.63) is 18.0 Å². The molecule has 1 N–H and O–H groups in total. The number of piperidine rings is 1. The molecule has 1 saturated heterocycles. The number of nitrogens with one attached hydrogen (secondary N) is 1. The molecule has 0 amide bonds. The van der Waals surface area contributed by atoms with E-state index in [1.807, 2.05) is 12.4 Å². The second-order valence-electron chi connectivity index (χ2n) is 5.88. The lowest BCUT2D eigenvalue weighted by Crippen LogP contribution is -2.46. The van der Waals surface area contributed by atoms with E-state index in [1.165, 1.54) is 6.42 Å². The smallest absolute Gasteiger partial charge is 0.225 e. The highest BCUT2D eigenvalue weighted by Gasteiger charge is 2.30. The molecule has 1 aromatic heterocycles. The molecule has 1 aliphatic heterocycles.